The van der Waals surface area contributed by atoms with Gasteiger partial charge in [-0.15, -0.1) is 0 Å². The van der Waals surface area contributed by atoms with Crippen LogP contribution >= 0.6 is 15.9 Å². The summed E-state index contributed by atoms with van der Waals surface area (Å²) in [5.41, 5.74) is 0.958. The molecule has 0 saturated heterocycles. The molecule has 0 aliphatic heterocycles. The summed E-state index contributed by atoms with van der Waals surface area (Å²) in [6.07, 6.45) is -4.88. The zero-order chi connectivity index (χ0) is 11.3. The van der Waals surface area contributed by atoms with E-state index in [1.807, 2.05) is 24.3 Å². The molecule has 0 aliphatic carbocycles. The van der Waals surface area contributed by atoms with Crippen molar-refractivity contribution in [1.82, 2.24) is 5.32 Å². The fourth-order valence-electron chi connectivity index (χ4n) is 1.09. The van der Waals surface area contributed by atoms with Crippen LogP contribution in [-0.4, -0.2) is 12.7 Å². The number of hydrogen-bond donors (Lipinski definition) is 1. The minimum Gasteiger partial charge on any atom is -0.312 e. The van der Waals surface area contributed by atoms with E-state index in [9.17, 15) is 13.2 Å². The average Bonchev–Trinajstić information content (AvgIpc) is 2.13. The topological polar surface area (TPSA) is 12.0 Å². The minimum absolute atomic E-state index is 0.0508. The van der Waals surface area contributed by atoms with Gasteiger partial charge in [-0.1, -0.05) is 34.1 Å². The first-order valence-corrected chi connectivity index (χ1v) is 5.29. The van der Waals surface area contributed by atoms with Crippen LogP contribution in [0.3, 0.4) is 0 Å². The van der Waals surface area contributed by atoms with E-state index in [4.69, 9.17) is 0 Å². The third kappa shape index (κ3) is 5.18. The van der Waals surface area contributed by atoms with Gasteiger partial charge in [-0.05, 0) is 11.6 Å². The van der Waals surface area contributed by atoms with Gasteiger partial charge >= 0.3 is 6.18 Å². The summed E-state index contributed by atoms with van der Waals surface area (Å²) >= 11 is 3.33. The number of benzene rings is 1. The summed E-state index contributed by atoms with van der Waals surface area (Å²) in [6, 6.07) is 7.44. The van der Waals surface area contributed by atoms with Crippen LogP contribution in [0.25, 0.3) is 0 Å². The maximum absolute atomic E-state index is 11.8. The van der Waals surface area contributed by atoms with Gasteiger partial charge in [-0.3, -0.25) is 0 Å². The van der Waals surface area contributed by atoms with Crippen LogP contribution in [0.15, 0.2) is 28.7 Å². The number of nitrogens with one attached hydrogen (secondary N) is 1. The second-order valence-corrected chi connectivity index (χ2v) is 3.99. The van der Waals surface area contributed by atoms with Gasteiger partial charge < -0.3 is 5.32 Å². The van der Waals surface area contributed by atoms with E-state index in [0.29, 0.717) is 6.54 Å². The van der Waals surface area contributed by atoms with Crippen LogP contribution in [0.1, 0.15) is 12.0 Å². The summed E-state index contributed by atoms with van der Waals surface area (Å²) in [6.45, 7) is 0.391. The lowest BCUT2D eigenvalue weighted by Crippen LogP contribution is -2.21. The van der Waals surface area contributed by atoms with Gasteiger partial charge in [0.15, 0.2) is 0 Å². The first kappa shape index (κ1) is 12.5. The Hall–Kier alpha value is -0.550. The molecule has 1 rings (SSSR count). The molecule has 1 aromatic rings. The van der Waals surface area contributed by atoms with Gasteiger partial charge in [-0.2, -0.15) is 13.2 Å². The Balaban J connectivity index is 2.30. The van der Waals surface area contributed by atoms with E-state index in [-0.39, 0.29) is 6.54 Å². The van der Waals surface area contributed by atoms with Crippen molar-refractivity contribution >= 4 is 15.9 Å². The van der Waals surface area contributed by atoms with Gasteiger partial charge in [0, 0.05) is 17.6 Å². The number of rotatable bonds is 4. The molecule has 0 saturated carbocycles. The van der Waals surface area contributed by atoms with Gasteiger partial charge in [0.2, 0.25) is 0 Å². The molecule has 0 aliphatic rings. The van der Waals surface area contributed by atoms with Gasteiger partial charge in [0.05, 0.1) is 6.42 Å². The second-order valence-electron chi connectivity index (χ2n) is 3.13. The first-order valence-electron chi connectivity index (χ1n) is 4.50. The predicted octanol–water partition coefficient (Wildman–Crippen LogP) is 3.49. The van der Waals surface area contributed by atoms with Gasteiger partial charge in [0.25, 0.3) is 0 Å². The Kier molecular flexibility index (Phi) is 4.60. The quantitative estimate of drug-likeness (QED) is 0.833. The predicted molar refractivity (Wildman–Crippen MR) is 56.5 cm³/mol. The number of halogens is 4. The van der Waals surface area contributed by atoms with Crippen molar-refractivity contribution in [2.75, 3.05) is 6.54 Å². The largest absolute Gasteiger partial charge is 0.390 e. The van der Waals surface area contributed by atoms with E-state index < -0.39 is 12.6 Å². The lowest BCUT2D eigenvalue weighted by molar-refractivity contribution is -0.133. The van der Waals surface area contributed by atoms with Crippen molar-refractivity contribution in [3.05, 3.63) is 34.3 Å². The lowest BCUT2D eigenvalue weighted by Gasteiger charge is -2.08. The van der Waals surface area contributed by atoms with Gasteiger partial charge in [-0.25, -0.2) is 0 Å². The molecule has 0 spiro atoms. The van der Waals surface area contributed by atoms with Crippen LogP contribution < -0.4 is 5.32 Å². The standard InChI is InChI=1S/C10H11BrF3N/c11-9-4-2-1-3-8(9)7-15-6-5-10(12,13)14/h1-4,15H,5-7H2. The fourth-order valence-corrected chi connectivity index (χ4v) is 1.52. The summed E-state index contributed by atoms with van der Waals surface area (Å²) in [5.74, 6) is 0. The van der Waals surface area contributed by atoms with Crippen molar-refractivity contribution in [2.24, 2.45) is 0 Å². The Morgan fingerprint density at radius 3 is 2.47 bits per heavy atom. The van der Waals surface area contributed by atoms with E-state index >= 15 is 0 Å². The van der Waals surface area contributed by atoms with Crippen LogP contribution in [-0.2, 0) is 6.54 Å². The molecule has 0 unspecified atom stereocenters. The smallest absolute Gasteiger partial charge is 0.312 e. The Labute approximate surface area is 94.8 Å². The first-order chi connectivity index (χ1) is 6.99. The molecular weight excluding hydrogens is 271 g/mol. The molecule has 5 heteroatoms. The molecule has 0 radical (unpaired) electrons. The van der Waals surface area contributed by atoms with Crippen molar-refractivity contribution in [1.29, 1.82) is 0 Å². The van der Waals surface area contributed by atoms with Crippen LogP contribution in [0.5, 0.6) is 0 Å². The molecule has 0 heterocycles. The molecule has 0 amide bonds. The second kappa shape index (κ2) is 5.51. The molecule has 1 N–H and O–H groups in total. The van der Waals surface area contributed by atoms with Crippen molar-refractivity contribution in [3.63, 3.8) is 0 Å². The van der Waals surface area contributed by atoms with E-state index in [1.165, 1.54) is 0 Å². The normalized spacial score (nSPS) is 11.7. The molecule has 1 nitrogen and oxygen atoms in total. The summed E-state index contributed by atoms with van der Waals surface area (Å²) in [4.78, 5) is 0. The SMILES string of the molecule is FC(F)(F)CCNCc1ccccc1Br. The van der Waals surface area contributed by atoms with Crippen molar-refractivity contribution in [3.8, 4) is 0 Å². The molecule has 1 aromatic carbocycles. The molecular formula is C10H11BrF3N. The molecule has 0 atom stereocenters. The molecule has 15 heavy (non-hydrogen) atoms. The lowest BCUT2D eigenvalue weighted by atomic mass is 10.2. The van der Waals surface area contributed by atoms with Crippen LogP contribution in [0.2, 0.25) is 0 Å². The highest BCUT2D eigenvalue weighted by Crippen LogP contribution is 2.19. The highest BCUT2D eigenvalue weighted by Gasteiger charge is 2.25. The summed E-state index contributed by atoms with van der Waals surface area (Å²) < 4.78 is 36.3. The number of alkyl halides is 3. The van der Waals surface area contributed by atoms with Crippen LogP contribution in [0.4, 0.5) is 13.2 Å². The molecule has 0 aromatic heterocycles. The molecule has 0 bridgehead atoms. The highest BCUT2D eigenvalue weighted by molar-refractivity contribution is 9.10. The maximum atomic E-state index is 11.8. The monoisotopic (exact) mass is 281 g/mol. The summed E-state index contributed by atoms with van der Waals surface area (Å²) in [7, 11) is 0. The zero-order valence-electron chi connectivity index (χ0n) is 7.94. The third-order valence-corrected chi connectivity index (χ3v) is 2.63. The average molecular weight is 282 g/mol. The van der Waals surface area contributed by atoms with Crippen LogP contribution in [0, 0.1) is 0 Å². The van der Waals surface area contributed by atoms with E-state index in [1.54, 1.807) is 0 Å². The van der Waals surface area contributed by atoms with E-state index in [0.717, 1.165) is 10.0 Å². The maximum Gasteiger partial charge on any atom is 0.390 e. The third-order valence-electron chi connectivity index (χ3n) is 1.86. The molecule has 0 fully saturated rings. The van der Waals surface area contributed by atoms with Crippen molar-refractivity contribution < 1.29 is 13.2 Å². The number of hydrogen-bond acceptors (Lipinski definition) is 1. The van der Waals surface area contributed by atoms with Gasteiger partial charge in [0.1, 0.15) is 0 Å². The highest BCUT2D eigenvalue weighted by atomic mass is 79.9. The van der Waals surface area contributed by atoms with E-state index in [2.05, 4.69) is 21.2 Å². The molecule has 84 valence electrons. The zero-order valence-corrected chi connectivity index (χ0v) is 9.53. The minimum atomic E-state index is -4.08. The Morgan fingerprint density at radius 2 is 1.87 bits per heavy atom. The fraction of sp³-hybridized carbons (Fsp3) is 0.400. The Morgan fingerprint density at radius 1 is 1.20 bits per heavy atom. The Bertz CT molecular complexity index is 312. The van der Waals surface area contributed by atoms with Crippen molar-refractivity contribution in [2.45, 2.75) is 19.1 Å². The summed E-state index contributed by atoms with van der Waals surface area (Å²) in [5, 5.41) is 2.75.